The maximum absolute atomic E-state index is 11.0. The smallest absolute Gasteiger partial charge is 0.273 e. The van der Waals surface area contributed by atoms with Crippen LogP contribution in [-0.4, -0.2) is 61.0 Å². The van der Waals surface area contributed by atoms with E-state index in [9.17, 15) is 10.1 Å². The predicted octanol–water partition coefficient (Wildman–Crippen LogP) is 0.932. The van der Waals surface area contributed by atoms with Gasteiger partial charge in [-0.25, -0.2) is 0 Å². The molecule has 1 heterocycles. The Balaban J connectivity index is 1.84. The Morgan fingerprint density at radius 2 is 2.05 bits per heavy atom. The van der Waals surface area contributed by atoms with Crippen LogP contribution in [0.25, 0.3) is 0 Å². The molecular weight excluding hydrogens is 256 g/mol. The number of likely N-dealkylation sites (N-methyl/N-ethyl adjacent to an activating group) is 1. The van der Waals surface area contributed by atoms with Crippen LogP contribution in [-0.2, 0) is 6.54 Å². The first kappa shape index (κ1) is 14.9. The molecule has 1 aromatic rings. The molecule has 0 bridgehead atoms. The molecule has 0 aliphatic carbocycles. The van der Waals surface area contributed by atoms with Crippen LogP contribution in [0.4, 0.5) is 5.69 Å². The van der Waals surface area contributed by atoms with Gasteiger partial charge in [-0.05, 0) is 7.05 Å². The molecule has 6 heteroatoms. The van der Waals surface area contributed by atoms with Gasteiger partial charge in [0.2, 0.25) is 0 Å². The summed E-state index contributed by atoms with van der Waals surface area (Å²) in [5.74, 6) is 0. The summed E-state index contributed by atoms with van der Waals surface area (Å²) in [4.78, 5) is 15.2. The van der Waals surface area contributed by atoms with Crippen LogP contribution in [0.3, 0.4) is 0 Å². The average Bonchev–Trinajstić information content (AvgIpc) is 2.46. The first-order valence-electron chi connectivity index (χ1n) is 7.01. The molecule has 1 aliphatic rings. The number of benzene rings is 1. The Bertz CT molecular complexity index is 447. The van der Waals surface area contributed by atoms with Gasteiger partial charge in [-0.1, -0.05) is 18.2 Å². The van der Waals surface area contributed by atoms with Crippen molar-refractivity contribution in [2.75, 3.05) is 46.3 Å². The lowest BCUT2D eigenvalue weighted by Gasteiger charge is -2.29. The molecule has 2 rings (SSSR count). The summed E-state index contributed by atoms with van der Waals surface area (Å²) in [6.45, 7) is 6.81. The van der Waals surface area contributed by atoms with Crippen molar-refractivity contribution in [2.24, 2.45) is 0 Å². The van der Waals surface area contributed by atoms with E-state index in [0.717, 1.165) is 44.8 Å². The van der Waals surface area contributed by atoms with Gasteiger partial charge in [-0.2, -0.15) is 0 Å². The monoisotopic (exact) mass is 278 g/mol. The summed E-state index contributed by atoms with van der Waals surface area (Å²) >= 11 is 0. The minimum absolute atomic E-state index is 0.210. The molecule has 1 N–H and O–H groups in total. The number of nitro groups is 1. The SMILES string of the molecule is CN(CCN1CCNCC1)Cc1ccccc1[N+](=O)[O-]. The van der Waals surface area contributed by atoms with Gasteiger partial charge in [0.25, 0.3) is 5.69 Å². The molecule has 20 heavy (non-hydrogen) atoms. The number of nitro benzene ring substituents is 1. The zero-order valence-electron chi connectivity index (χ0n) is 11.9. The Labute approximate surface area is 119 Å². The lowest BCUT2D eigenvalue weighted by Crippen LogP contribution is -2.45. The van der Waals surface area contributed by atoms with Crippen molar-refractivity contribution in [1.82, 2.24) is 15.1 Å². The minimum Gasteiger partial charge on any atom is -0.314 e. The van der Waals surface area contributed by atoms with Gasteiger partial charge in [0, 0.05) is 57.4 Å². The van der Waals surface area contributed by atoms with Gasteiger partial charge in [0.1, 0.15) is 0 Å². The fourth-order valence-corrected chi connectivity index (χ4v) is 2.44. The minimum atomic E-state index is -0.306. The van der Waals surface area contributed by atoms with Gasteiger partial charge < -0.3 is 10.2 Å². The normalized spacial score (nSPS) is 16.5. The first-order valence-corrected chi connectivity index (χ1v) is 7.01. The maximum Gasteiger partial charge on any atom is 0.273 e. The molecule has 1 saturated heterocycles. The fourth-order valence-electron chi connectivity index (χ4n) is 2.44. The lowest BCUT2D eigenvalue weighted by molar-refractivity contribution is -0.385. The zero-order chi connectivity index (χ0) is 14.4. The number of hydrogen-bond acceptors (Lipinski definition) is 5. The largest absolute Gasteiger partial charge is 0.314 e. The van der Waals surface area contributed by atoms with E-state index < -0.39 is 0 Å². The van der Waals surface area contributed by atoms with Crippen molar-refractivity contribution in [3.63, 3.8) is 0 Å². The molecule has 0 saturated carbocycles. The second kappa shape index (κ2) is 7.33. The molecule has 0 amide bonds. The van der Waals surface area contributed by atoms with Gasteiger partial charge >= 0.3 is 0 Å². The first-order chi connectivity index (χ1) is 9.66. The Kier molecular flexibility index (Phi) is 5.46. The highest BCUT2D eigenvalue weighted by atomic mass is 16.6. The van der Waals surface area contributed by atoms with Gasteiger partial charge in [-0.15, -0.1) is 0 Å². The Morgan fingerprint density at radius 1 is 1.35 bits per heavy atom. The van der Waals surface area contributed by atoms with Crippen molar-refractivity contribution in [2.45, 2.75) is 6.54 Å². The van der Waals surface area contributed by atoms with E-state index in [1.54, 1.807) is 12.1 Å². The van der Waals surface area contributed by atoms with Crippen LogP contribution >= 0.6 is 0 Å². The summed E-state index contributed by atoms with van der Waals surface area (Å²) in [7, 11) is 2.01. The van der Waals surface area contributed by atoms with Gasteiger partial charge in [0.05, 0.1) is 4.92 Å². The summed E-state index contributed by atoms with van der Waals surface area (Å²) in [5, 5.41) is 14.3. The Morgan fingerprint density at radius 3 is 2.75 bits per heavy atom. The predicted molar refractivity (Wildman–Crippen MR) is 78.7 cm³/mol. The van der Waals surface area contributed by atoms with Crippen molar-refractivity contribution in [3.05, 3.63) is 39.9 Å². The number of hydrogen-bond donors (Lipinski definition) is 1. The topological polar surface area (TPSA) is 61.6 Å². The van der Waals surface area contributed by atoms with Crippen LogP contribution in [0.2, 0.25) is 0 Å². The van der Waals surface area contributed by atoms with Crippen LogP contribution in [0.1, 0.15) is 5.56 Å². The molecule has 0 spiro atoms. The molecule has 1 aliphatic heterocycles. The summed E-state index contributed by atoms with van der Waals surface area (Å²) in [6, 6.07) is 6.97. The van der Waals surface area contributed by atoms with Gasteiger partial charge in [0.15, 0.2) is 0 Å². The number of nitrogens with one attached hydrogen (secondary N) is 1. The Hall–Kier alpha value is -1.50. The quantitative estimate of drug-likeness (QED) is 0.619. The second-order valence-electron chi connectivity index (χ2n) is 5.22. The van der Waals surface area contributed by atoms with Crippen LogP contribution in [0.5, 0.6) is 0 Å². The van der Waals surface area contributed by atoms with E-state index in [0.29, 0.717) is 6.54 Å². The highest BCUT2D eigenvalue weighted by Crippen LogP contribution is 2.18. The molecule has 0 radical (unpaired) electrons. The highest BCUT2D eigenvalue weighted by Gasteiger charge is 2.15. The number of piperazine rings is 1. The van der Waals surface area contributed by atoms with Crippen LogP contribution < -0.4 is 5.32 Å². The average molecular weight is 278 g/mol. The maximum atomic E-state index is 11.0. The standard InChI is InChI=1S/C14H22N4O2/c1-16(10-11-17-8-6-15-7-9-17)12-13-4-2-3-5-14(13)18(19)20/h2-5,15H,6-12H2,1H3. The molecule has 110 valence electrons. The molecule has 0 atom stereocenters. The van der Waals surface area contributed by atoms with Crippen LogP contribution in [0.15, 0.2) is 24.3 Å². The molecule has 1 aromatic carbocycles. The molecule has 0 unspecified atom stereocenters. The zero-order valence-corrected chi connectivity index (χ0v) is 11.9. The fraction of sp³-hybridized carbons (Fsp3) is 0.571. The van der Waals surface area contributed by atoms with Crippen molar-refractivity contribution in [3.8, 4) is 0 Å². The number of rotatable bonds is 6. The van der Waals surface area contributed by atoms with E-state index in [-0.39, 0.29) is 10.6 Å². The lowest BCUT2D eigenvalue weighted by atomic mass is 10.1. The van der Waals surface area contributed by atoms with Crippen molar-refractivity contribution in [1.29, 1.82) is 0 Å². The van der Waals surface area contributed by atoms with E-state index in [1.807, 2.05) is 19.2 Å². The van der Waals surface area contributed by atoms with Crippen molar-refractivity contribution >= 4 is 5.69 Å². The number of para-hydroxylation sites is 1. The second-order valence-corrected chi connectivity index (χ2v) is 5.22. The summed E-state index contributed by atoms with van der Waals surface area (Å²) in [6.07, 6.45) is 0. The van der Waals surface area contributed by atoms with E-state index in [4.69, 9.17) is 0 Å². The molecule has 6 nitrogen and oxygen atoms in total. The number of nitrogens with zero attached hydrogens (tertiary/aromatic N) is 3. The van der Waals surface area contributed by atoms with E-state index in [1.165, 1.54) is 0 Å². The molecule has 1 fully saturated rings. The summed E-state index contributed by atoms with van der Waals surface area (Å²) in [5.41, 5.74) is 0.988. The summed E-state index contributed by atoms with van der Waals surface area (Å²) < 4.78 is 0. The highest BCUT2D eigenvalue weighted by molar-refractivity contribution is 5.39. The molecule has 0 aromatic heterocycles. The van der Waals surface area contributed by atoms with Crippen LogP contribution in [0, 0.1) is 10.1 Å². The third-order valence-corrected chi connectivity index (χ3v) is 3.64. The van der Waals surface area contributed by atoms with Crippen molar-refractivity contribution < 1.29 is 4.92 Å². The molecular formula is C14H22N4O2. The third-order valence-electron chi connectivity index (χ3n) is 3.64. The van der Waals surface area contributed by atoms with E-state index >= 15 is 0 Å². The van der Waals surface area contributed by atoms with Gasteiger partial charge in [-0.3, -0.25) is 15.0 Å². The third kappa shape index (κ3) is 4.26. The van der Waals surface area contributed by atoms with E-state index in [2.05, 4.69) is 15.1 Å².